The molecule has 0 unspecified atom stereocenters. The summed E-state index contributed by atoms with van der Waals surface area (Å²) in [6, 6.07) is 3.61. The van der Waals surface area contributed by atoms with Crippen molar-refractivity contribution in [3.63, 3.8) is 0 Å². The van der Waals surface area contributed by atoms with E-state index in [0.29, 0.717) is 29.0 Å². The Kier molecular flexibility index (Phi) is 3.66. The van der Waals surface area contributed by atoms with Crippen LogP contribution in [0.5, 0.6) is 0 Å². The summed E-state index contributed by atoms with van der Waals surface area (Å²) in [5.74, 6) is 1.02. The molecule has 0 atom stereocenters. The fourth-order valence-electron chi connectivity index (χ4n) is 2.10. The molecule has 0 saturated heterocycles. The van der Waals surface area contributed by atoms with Crippen LogP contribution in [-0.4, -0.2) is 27.8 Å². The van der Waals surface area contributed by atoms with Crippen LogP contribution < -0.4 is 11.5 Å². The van der Waals surface area contributed by atoms with E-state index in [2.05, 4.69) is 15.0 Å². The van der Waals surface area contributed by atoms with Gasteiger partial charge in [0.15, 0.2) is 5.16 Å². The lowest BCUT2D eigenvalue weighted by Crippen LogP contribution is -2.04. The lowest BCUT2D eigenvalue weighted by atomic mass is 10.1. The normalized spacial score (nSPS) is 13.9. The number of ether oxygens (including phenoxy) is 1. The average molecular weight is 301 g/mol. The smallest absolute Gasteiger partial charge is 0.187 e. The van der Waals surface area contributed by atoms with E-state index >= 15 is 0 Å². The SMILES string of the molecule is CSc1nccc(-c2cc(N)c(N)nc2C2=CCCO2)n1. The van der Waals surface area contributed by atoms with Crippen molar-refractivity contribution < 1.29 is 4.74 Å². The van der Waals surface area contributed by atoms with E-state index in [1.165, 1.54) is 11.8 Å². The van der Waals surface area contributed by atoms with Crippen molar-refractivity contribution in [2.24, 2.45) is 0 Å². The Balaban J connectivity index is 2.17. The zero-order chi connectivity index (χ0) is 14.8. The van der Waals surface area contributed by atoms with Crippen LogP contribution in [0.15, 0.2) is 29.6 Å². The summed E-state index contributed by atoms with van der Waals surface area (Å²) < 4.78 is 5.61. The van der Waals surface area contributed by atoms with Gasteiger partial charge in [0, 0.05) is 18.2 Å². The van der Waals surface area contributed by atoms with Gasteiger partial charge in [0.2, 0.25) is 0 Å². The third-order valence-electron chi connectivity index (χ3n) is 3.11. The molecule has 3 heterocycles. The van der Waals surface area contributed by atoms with Gasteiger partial charge in [-0.15, -0.1) is 0 Å². The molecule has 0 amide bonds. The van der Waals surface area contributed by atoms with Gasteiger partial charge in [-0.05, 0) is 24.5 Å². The van der Waals surface area contributed by atoms with Gasteiger partial charge >= 0.3 is 0 Å². The van der Waals surface area contributed by atoms with Gasteiger partial charge in [-0.1, -0.05) is 11.8 Å². The van der Waals surface area contributed by atoms with Gasteiger partial charge in [-0.2, -0.15) is 0 Å². The summed E-state index contributed by atoms with van der Waals surface area (Å²) in [7, 11) is 0. The van der Waals surface area contributed by atoms with Crippen molar-refractivity contribution in [3.05, 3.63) is 30.1 Å². The molecule has 2 aromatic heterocycles. The highest BCUT2D eigenvalue weighted by Crippen LogP contribution is 2.33. The molecular formula is C14H15N5OS. The zero-order valence-electron chi connectivity index (χ0n) is 11.5. The third kappa shape index (κ3) is 2.64. The van der Waals surface area contributed by atoms with Crippen LogP contribution in [0.1, 0.15) is 12.1 Å². The van der Waals surface area contributed by atoms with Gasteiger partial charge in [0.05, 0.1) is 18.0 Å². The summed E-state index contributed by atoms with van der Waals surface area (Å²) >= 11 is 1.48. The summed E-state index contributed by atoms with van der Waals surface area (Å²) in [6.45, 7) is 0.653. The van der Waals surface area contributed by atoms with Crippen LogP contribution in [0.3, 0.4) is 0 Å². The molecule has 4 N–H and O–H groups in total. The Hall–Kier alpha value is -2.28. The molecule has 0 radical (unpaired) electrons. The quantitative estimate of drug-likeness (QED) is 0.662. The number of thioether (sulfide) groups is 1. The largest absolute Gasteiger partial charge is 0.491 e. The first kappa shape index (κ1) is 13.7. The Morgan fingerprint density at radius 2 is 2.14 bits per heavy atom. The van der Waals surface area contributed by atoms with E-state index in [1.807, 2.05) is 18.4 Å². The molecule has 0 aromatic carbocycles. The van der Waals surface area contributed by atoms with E-state index < -0.39 is 0 Å². The highest BCUT2D eigenvalue weighted by Gasteiger charge is 2.19. The number of pyridine rings is 1. The van der Waals surface area contributed by atoms with E-state index in [1.54, 1.807) is 12.3 Å². The van der Waals surface area contributed by atoms with Gasteiger partial charge in [0.1, 0.15) is 17.3 Å². The van der Waals surface area contributed by atoms with Crippen molar-refractivity contribution in [2.45, 2.75) is 11.6 Å². The highest BCUT2D eigenvalue weighted by molar-refractivity contribution is 7.98. The first-order chi connectivity index (χ1) is 10.2. The average Bonchev–Trinajstić information content (AvgIpc) is 3.04. The molecule has 2 aromatic rings. The molecule has 3 rings (SSSR count). The molecule has 0 fully saturated rings. The molecule has 21 heavy (non-hydrogen) atoms. The molecule has 0 bridgehead atoms. The first-order valence-electron chi connectivity index (χ1n) is 6.46. The molecule has 108 valence electrons. The Bertz CT molecular complexity index is 717. The van der Waals surface area contributed by atoms with E-state index in [9.17, 15) is 0 Å². The molecule has 0 spiro atoms. The van der Waals surface area contributed by atoms with E-state index in [4.69, 9.17) is 16.2 Å². The van der Waals surface area contributed by atoms with Crippen LogP contribution in [0.25, 0.3) is 17.0 Å². The highest BCUT2D eigenvalue weighted by atomic mass is 32.2. The first-order valence-corrected chi connectivity index (χ1v) is 7.68. The van der Waals surface area contributed by atoms with Gasteiger partial charge < -0.3 is 16.2 Å². The predicted octanol–water partition coefficient (Wildman–Crippen LogP) is 2.19. The van der Waals surface area contributed by atoms with Gasteiger partial charge in [-0.25, -0.2) is 15.0 Å². The maximum atomic E-state index is 5.90. The van der Waals surface area contributed by atoms with E-state index in [0.717, 1.165) is 23.4 Å². The predicted molar refractivity (Wildman–Crippen MR) is 84.4 cm³/mol. The van der Waals surface area contributed by atoms with Crippen LogP contribution in [-0.2, 0) is 4.74 Å². The Labute approximate surface area is 126 Å². The summed E-state index contributed by atoms with van der Waals surface area (Å²) in [5.41, 5.74) is 14.4. The number of rotatable bonds is 3. The molecular weight excluding hydrogens is 286 g/mol. The standard InChI is InChI=1S/C14H15N5OS/c1-21-14-17-5-4-10(18-14)8-7-9(15)13(16)19-12(8)11-3-2-6-20-11/h3-5,7H,2,6,15H2,1H3,(H2,16,19). The van der Waals surface area contributed by atoms with Crippen molar-refractivity contribution in [1.82, 2.24) is 15.0 Å². The van der Waals surface area contributed by atoms with Crippen LogP contribution in [0.4, 0.5) is 11.5 Å². The monoisotopic (exact) mass is 301 g/mol. The third-order valence-corrected chi connectivity index (χ3v) is 3.68. The number of nitrogen functional groups attached to an aromatic ring is 2. The number of aromatic nitrogens is 3. The molecule has 6 nitrogen and oxygen atoms in total. The molecule has 7 heteroatoms. The fraction of sp³-hybridized carbons (Fsp3) is 0.214. The Morgan fingerprint density at radius 1 is 1.29 bits per heavy atom. The van der Waals surface area contributed by atoms with Crippen LogP contribution in [0.2, 0.25) is 0 Å². The van der Waals surface area contributed by atoms with E-state index in [-0.39, 0.29) is 0 Å². The summed E-state index contributed by atoms with van der Waals surface area (Å²) in [5, 5.41) is 0.690. The Morgan fingerprint density at radius 3 is 2.86 bits per heavy atom. The van der Waals surface area contributed by atoms with Crippen molar-refractivity contribution in [3.8, 4) is 11.3 Å². The topological polar surface area (TPSA) is 99.9 Å². The second kappa shape index (κ2) is 5.61. The maximum Gasteiger partial charge on any atom is 0.187 e. The van der Waals surface area contributed by atoms with Gasteiger partial charge in [0.25, 0.3) is 0 Å². The fourth-order valence-corrected chi connectivity index (χ4v) is 2.45. The molecule has 0 saturated carbocycles. The van der Waals surface area contributed by atoms with Gasteiger partial charge in [-0.3, -0.25) is 0 Å². The minimum absolute atomic E-state index is 0.296. The molecule has 1 aliphatic rings. The van der Waals surface area contributed by atoms with Crippen molar-refractivity contribution in [1.29, 1.82) is 0 Å². The van der Waals surface area contributed by atoms with Crippen molar-refractivity contribution >= 4 is 29.0 Å². The maximum absolute atomic E-state index is 5.90. The lowest BCUT2D eigenvalue weighted by Gasteiger charge is -2.12. The van der Waals surface area contributed by atoms with Crippen LogP contribution >= 0.6 is 11.8 Å². The van der Waals surface area contributed by atoms with Crippen LogP contribution in [0, 0.1) is 0 Å². The van der Waals surface area contributed by atoms with Crippen molar-refractivity contribution in [2.75, 3.05) is 24.3 Å². The number of anilines is 2. The number of hydrogen-bond acceptors (Lipinski definition) is 7. The number of nitrogens with two attached hydrogens (primary N) is 2. The minimum atomic E-state index is 0.296. The summed E-state index contributed by atoms with van der Waals surface area (Å²) in [4.78, 5) is 13.1. The lowest BCUT2D eigenvalue weighted by molar-refractivity contribution is 0.306. The minimum Gasteiger partial charge on any atom is -0.491 e. The number of nitrogens with zero attached hydrogens (tertiary/aromatic N) is 3. The second-order valence-electron chi connectivity index (χ2n) is 4.49. The zero-order valence-corrected chi connectivity index (χ0v) is 12.4. The second-order valence-corrected chi connectivity index (χ2v) is 5.27. The molecule has 1 aliphatic heterocycles. The molecule has 0 aliphatic carbocycles. The summed E-state index contributed by atoms with van der Waals surface area (Å²) in [6.07, 6.45) is 6.51. The number of hydrogen-bond donors (Lipinski definition) is 2.